The molecule has 8 heteroatoms. The quantitative estimate of drug-likeness (QED) is 0.795. The Morgan fingerprint density at radius 1 is 1.40 bits per heavy atom. The predicted molar refractivity (Wildman–Crippen MR) is 73.3 cm³/mol. The van der Waals surface area contributed by atoms with Gasteiger partial charge in [0.1, 0.15) is 6.10 Å². The first kappa shape index (κ1) is 15.0. The first-order valence-electron chi connectivity index (χ1n) is 6.56. The molecule has 0 radical (unpaired) electrons. The number of sulfonamides is 1. The second kappa shape index (κ2) is 6.36. The summed E-state index contributed by atoms with van der Waals surface area (Å²) in [5.41, 5.74) is 0. The van der Waals surface area contributed by atoms with Gasteiger partial charge in [-0.25, -0.2) is 17.7 Å². The van der Waals surface area contributed by atoms with Crippen LogP contribution in [0.4, 0.5) is 0 Å². The lowest BCUT2D eigenvalue weighted by Gasteiger charge is -2.30. The minimum Gasteiger partial charge on any atom is -0.474 e. The van der Waals surface area contributed by atoms with Crippen molar-refractivity contribution >= 4 is 10.0 Å². The van der Waals surface area contributed by atoms with Gasteiger partial charge in [0.05, 0.1) is 12.9 Å². The van der Waals surface area contributed by atoms with Crippen LogP contribution in [0.3, 0.4) is 0 Å². The zero-order valence-electron chi connectivity index (χ0n) is 11.7. The van der Waals surface area contributed by atoms with E-state index in [0.717, 1.165) is 0 Å². The summed E-state index contributed by atoms with van der Waals surface area (Å²) in [5.74, 6) is 0.593. The van der Waals surface area contributed by atoms with E-state index >= 15 is 0 Å². The van der Waals surface area contributed by atoms with Gasteiger partial charge < -0.3 is 9.47 Å². The second-order valence-electron chi connectivity index (χ2n) is 4.50. The minimum absolute atomic E-state index is 0.0297. The maximum absolute atomic E-state index is 11.8. The number of hydrogen-bond acceptors (Lipinski definition) is 6. The normalized spacial score (nSPS) is 17.9. The van der Waals surface area contributed by atoms with E-state index in [9.17, 15) is 8.42 Å². The number of rotatable bonds is 5. The molecule has 1 aliphatic heterocycles. The molecule has 1 aliphatic rings. The zero-order valence-corrected chi connectivity index (χ0v) is 12.5. The highest BCUT2D eigenvalue weighted by Crippen LogP contribution is 2.20. The van der Waals surface area contributed by atoms with E-state index in [1.165, 1.54) is 11.4 Å². The number of methoxy groups -OCH3 is 1. The molecule has 1 fully saturated rings. The number of piperidine rings is 1. The van der Waals surface area contributed by atoms with Gasteiger partial charge in [0, 0.05) is 25.4 Å². The van der Waals surface area contributed by atoms with Crippen molar-refractivity contribution in [3.8, 4) is 11.9 Å². The molecule has 2 rings (SSSR count). The van der Waals surface area contributed by atoms with Crippen LogP contribution in [0.25, 0.3) is 0 Å². The smallest absolute Gasteiger partial charge is 0.319 e. The third-order valence-corrected chi connectivity index (χ3v) is 5.12. The molecule has 1 aromatic rings. The number of aromatic nitrogens is 2. The highest BCUT2D eigenvalue weighted by atomic mass is 32.2. The molecule has 0 spiro atoms. The standard InChI is InChI=1S/C12H19N3O4S/c1-3-20(16,17)15-8-5-10(6-9-15)19-11-4-7-13-12(14-11)18-2/h4,7,10H,3,5-6,8-9H2,1-2H3. The van der Waals surface area contributed by atoms with Crippen molar-refractivity contribution in [1.29, 1.82) is 0 Å². The largest absolute Gasteiger partial charge is 0.474 e. The van der Waals surface area contributed by atoms with Crippen LogP contribution in [0.15, 0.2) is 12.3 Å². The maximum atomic E-state index is 11.8. The van der Waals surface area contributed by atoms with Crippen molar-refractivity contribution in [3.05, 3.63) is 12.3 Å². The van der Waals surface area contributed by atoms with Gasteiger partial charge in [-0.3, -0.25) is 0 Å². The van der Waals surface area contributed by atoms with Crippen LogP contribution in [-0.4, -0.2) is 54.7 Å². The van der Waals surface area contributed by atoms with Gasteiger partial charge in [-0.2, -0.15) is 4.98 Å². The molecule has 20 heavy (non-hydrogen) atoms. The van der Waals surface area contributed by atoms with E-state index in [1.54, 1.807) is 19.2 Å². The number of nitrogens with zero attached hydrogens (tertiary/aromatic N) is 3. The molecule has 2 heterocycles. The molecule has 0 atom stereocenters. The zero-order chi connectivity index (χ0) is 14.6. The SMILES string of the molecule is CCS(=O)(=O)N1CCC(Oc2ccnc(OC)n2)CC1. The molecule has 112 valence electrons. The number of ether oxygens (including phenoxy) is 2. The molecule has 0 amide bonds. The van der Waals surface area contributed by atoms with Crippen molar-refractivity contribution in [2.24, 2.45) is 0 Å². The summed E-state index contributed by atoms with van der Waals surface area (Å²) in [6.07, 6.45) is 2.85. The van der Waals surface area contributed by atoms with Gasteiger partial charge in [-0.15, -0.1) is 0 Å². The van der Waals surface area contributed by atoms with Gasteiger partial charge in [-0.05, 0) is 19.8 Å². The fraction of sp³-hybridized carbons (Fsp3) is 0.667. The van der Waals surface area contributed by atoms with E-state index < -0.39 is 10.0 Å². The lowest BCUT2D eigenvalue weighted by atomic mass is 10.1. The van der Waals surface area contributed by atoms with Crippen molar-refractivity contribution in [2.75, 3.05) is 26.0 Å². The summed E-state index contributed by atoms with van der Waals surface area (Å²) in [5, 5.41) is 0. The first-order chi connectivity index (χ1) is 9.55. The molecule has 0 aromatic carbocycles. The van der Waals surface area contributed by atoms with Crippen molar-refractivity contribution in [1.82, 2.24) is 14.3 Å². The lowest BCUT2D eigenvalue weighted by Crippen LogP contribution is -2.42. The van der Waals surface area contributed by atoms with Gasteiger partial charge in [0.15, 0.2) is 0 Å². The van der Waals surface area contributed by atoms with Crippen LogP contribution in [0.1, 0.15) is 19.8 Å². The summed E-state index contributed by atoms with van der Waals surface area (Å²) < 4.78 is 35.7. The summed E-state index contributed by atoms with van der Waals surface area (Å²) in [6.45, 7) is 2.64. The number of hydrogen-bond donors (Lipinski definition) is 0. The highest BCUT2D eigenvalue weighted by molar-refractivity contribution is 7.89. The second-order valence-corrected chi connectivity index (χ2v) is 6.76. The van der Waals surface area contributed by atoms with Gasteiger partial charge in [0.25, 0.3) is 0 Å². The Hall–Kier alpha value is -1.41. The van der Waals surface area contributed by atoms with Gasteiger partial charge >= 0.3 is 6.01 Å². The van der Waals surface area contributed by atoms with Crippen LogP contribution in [-0.2, 0) is 10.0 Å². The molecule has 0 bridgehead atoms. The van der Waals surface area contributed by atoms with E-state index in [2.05, 4.69) is 9.97 Å². The summed E-state index contributed by atoms with van der Waals surface area (Å²) in [7, 11) is -1.60. The predicted octanol–water partition coefficient (Wildman–Crippen LogP) is 0.678. The Bertz CT molecular complexity index is 541. The van der Waals surface area contributed by atoms with Crippen LogP contribution in [0.5, 0.6) is 11.9 Å². The average molecular weight is 301 g/mol. The monoisotopic (exact) mass is 301 g/mol. The topological polar surface area (TPSA) is 81.6 Å². The van der Waals surface area contributed by atoms with Crippen LogP contribution >= 0.6 is 0 Å². The Morgan fingerprint density at radius 3 is 2.70 bits per heavy atom. The van der Waals surface area contributed by atoms with Crippen LogP contribution < -0.4 is 9.47 Å². The first-order valence-corrected chi connectivity index (χ1v) is 8.17. The third kappa shape index (κ3) is 3.57. The van der Waals surface area contributed by atoms with E-state index in [4.69, 9.17) is 9.47 Å². The van der Waals surface area contributed by atoms with E-state index in [1.807, 2.05) is 0 Å². The molecule has 0 aliphatic carbocycles. The van der Waals surface area contributed by atoms with E-state index in [-0.39, 0.29) is 17.9 Å². The maximum Gasteiger partial charge on any atom is 0.319 e. The Labute approximate surface area is 119 Å². The summed E-state index contributed by atoms with van der Waals surface area (Å²) >= 11 is 0. The molecular weight excluding hydrogens is 282 g/mol. The molecule has 0 unspecified atom stereocenters. The Morgan fingerprint density at radius 2 is 2.10 bits per heavy atom. The third-order valence-electron chi connectivity index (χ3n) is 3.24. The van der Waals surface area contributed by atoms with Gasteiger partial charge in [0.2, 0.25) is 15.9 Å². The fourth-order valence-electron chi connectivity index (χ4n) is 2.07. The van der Waals surface area contributed by atoms with Crippen LogP contribution in [0, 0.1) is 0 Å². The van der Waals surface area contributed by atoms with Crippen molar-refractivity contribution in [2.45, 2.75) is 25.9 Å². The summed E-state index contributed by atoms with van der Waals surface area (Å²) in [6, 6.07) is 1.92. The molecular formula is C12H19N3O4S. The molecule has 1 aromatic heterocycles. The molecule has 1 saturated heterocycles. The lowest BCUT2D eigenvalue weighted by molar-refractivity contribution is 0.128. The average Bonchev–Trinajstić information content (AvgIpc) is 2.48. The fourth-order valence-corrected chi connectivity index (χ4v) is 3.20. The summed E-state index contributed by atoms with van der Waals surface area (Å²) in [4.78, 5) is 7.99. The van der Waals surface area contributed by atoms with Crippen molar-refractivity contribution < 1.29 is 17.9 Å². The van der Waals surface area contributed by atoms with Crippen molar-refractivity contribution in [3.63, 3.8) is 0 Å². The highest BCUT2D eigenvalue weighted by Gasteiger charge is 2.27. The van der Waals surface area contributed by atoms with E-state index in [0.29, 0.717) is 31.8 Å². The molecule has 7 nitrogen and oxygen atoms in total. The minimum atomic E-state index is -3.10. The molecule has 0 saturated carbocycles. The van der Waals surface area contributed by atoms with Gasteiger partial charge in [-0.1, -0.05) is 0 Å². The molecule has 0 N–H and O–H groups in total. The Balaban J connectivity index is 1.91. The Kier molecular flexibility index (Phi) is 4.77. The van der Waals surface area contributed by atoms with Crippen LogP contribution in [0.2, 0.25) is 0 Å².